The summed E-state index contributed by atoms with van der Waals surface area (Å²) in [6.45, 7) is 9.63. The second-order valence-corrected chi connectivity index (χ2v) is 13.4. The number of Topliss-reactive ketones (excluding diaryl/α,β-unsaturated/α-hetero) is 1. The summed E-state index contributed by atoms with van der Waals surface area (Å²) in [5.74, 6) is 0.739. The fourth-order valence-corrected chi connectivity index (χ4v) is 9.90. The van der Waals surface area contributed by atoms with Gasteiger partial charge in [0, 0.05) is 44.1 Å². The lowest BCUT2D eigenvalue weighted by atomic mass is 9.50. The first-order chi connectivity index (χ1) is 17.7. The number of piperidine rings is 1. The predicted octanol–water partition coefficient (Wildman–Crippen LogP) is 3.42. The van der Waals surface area contributed by atoms with Crippen molar-refractivity contribution in [3.05, 3.63) is 0 Å². The number of hydrogen-bond acceptors (Lipinski definition) is 7. The summed E-state index contributed by atoms with van der Waals surface area (Å²) >= 11 is 0. The third-order valence-electron chi connectivity index (χ3n) is 11.8. The second-order valence-electron chi connectivity index (χ2n) is 13.4. The maximum Gasteiger partial charge on any atom is 0.414 e. The zero-order valence-corrected chi connectivity index (χ0v) is 22.9. The van der Waals surface area contributed by atoms with Crippen molar-refractivity contribution in [1.29, 1.82) is 0 Å². The van der Waals surface area contributed by atoms with Gasteiger partial charge in [-0.2, -0.15) is 0 Å². The molecule has 2 heterocycles. The minimum Gasteiger partial charge on any atom is -0.445 e. The SMILES string of the molecule is CCOC[C@]1(C)C[C@@H](OC(=O)NC(=O)[C@H]2CN3CC[C@@H]2C3)[C@]23C[C@@H]2CCC2(CC[C@@H](OC)C23)[C@@H](C)C1=O. The predicted molar refractivity (Wildman–Crippen MR) is 136 cm³/mol. The molecule has 6 aliphatic rings. The van der Waals surface area contributed by atoms with Crippen molar-refractivity contribution >= 4 is 17.8 Å². The molecule has 37 heavy (non-hydrogen) atoms. The van der Waals surface area contributed by atoms with E-state index in [4.69, 9.17) is 14.2 Å². The van der Waals surface area contributed by atoms with Crippen molar-refractivity contribution in [1.82, 2.24) is 10.2 Å². The molecule has 2 saturated heterocycles. The molecule has 8 nitrogen and oxygen atoms in total. The van der Waals surface area contributed by atoms with Crippen molar-refractivity contribution in [2.24, 2.45) is 45.8 Å². The number of imide groups is 1. The highest BCUT2D eigenvalue weighted by atomic mass is 16.6. The molecule has 1 spiro atoms. The maximum atomic E-state index is 14.2. The van der Waals surface area contributed by atoms with E-state index < -0.39 is 17.6 Å². The van der Waals surface area contributed by atoms with Crippen LogP contribution in [0.1, 0.15) is 65.7 Å². The summed E-state index contributed by atoms with van der Waals surface area (Å²) in [6.07, 6.45) is 5.39. The quantitative estimate of drug-likeness (QED) is 0.578. The van der Waals surface area contributed by atoms with E-state index in [0.29, 0.717) is 31.5 Å². The van der Waals surface area contributed by atoms with Gasteiger partial charge >= 0.3 is 6.09 Å². The molecule has 4 saturated carbocycles. The van der Waals surface area contributed by atoms with Crippen LogP contribution in [0.4, 0.5) is 4.79 Å². The Hall–Kier alpha value is -1.51. The lowest BCUT2D eigenvalue weighted by Crippen LogP contribution is -2.58. The number of hydrogen-bond donors (Lipinski definition) is 1. The van der Waals surface area contributed by atoms with Crippen LogP contribution in [0, 0.1) is 45.8 Å². The summed E-state index contributed by atoms with van der Waals surface area (Å²) in [5.41, 5.74) is -1.08. The van der Waals surface area contributed by atoms with Crippen LogP contribution >= 0.6 is 0 Å². The lowest BCUT2D eigenvalue weighted by molar-refractivity contribution is -0.165. The molecule has 1 N–H and O–H groups in total. The van der Waals surface area contributed by atoms with Gasteiger partial charge in [0.15, 0.2) is 0 Å². The fraction of sp³-hybridized carbons (Fsp3) is 0.897. The Balaban J connectivity index is 1.30. The van der Waals surface area contributed by atoms with Crippen molar-refractivity contribution in [2.45, 2.75) is 77.9 Å². The lowest BCUT2D eigenvalue weighted by Gasteiger charge is -2.55. The van der Waals surface area contributed by atoms with E-state index in [1.807, 2.05) is 13.8 Å². The smallest absolute Gasteiger partial charge is 0.414 e. The zero-order chi connectivity index (χ0) is 26.2. The average molecular weight is 517 g/mol. The van der Waals surface area contributed by atoms with E-state index in [1.165, 1.54) is 0 Å². The van der Waals surface area contributed by atoms with Crippen molar-refractivity contribution in [2.75, 3.05) is 40.0 Å². The molecule has 0 radical (unpaired) electrons. The van der Waals surface area contributed by atoms with Gasteiger partial charge < -0.3 is 19.1 Å². The van der Waals surface area contributed by atoms with E-state index in [1.54, 1.807) is 7.11 Å². The topological polar surface area (TPSA) is 94.2 Å². The van der Waals surface area contributed by atoms with Crippen LogP contribution in [0.5, 0.6) is 0 Å². The molecule has 3 unspecified atom stereocenters. The maximum absolute atomic E-state index is 14.2. The minimum atomic E-state index is -0.747. The van der Waals surface area contributed by atoms with Crippen LogP contribution < -0.4 is 5.32 Å². The molecular formula is C29H44N2O6. The summed E-state index contributed by atoms with van der Waals surface area (Å²) in [5, 5.41) is 2.60. The largest absolute Gasteiger partial charge is 0.445 e. The van der Waals surface area contributed by atoms with Gasteiger partial charge in [-0.3, -0.25) is 14.9 Å². The molecule has 0 aromatic carbocycles. The van der Waals surface area contributed by atoms with Crippen molar-refractivity contribution in [3.63, 3.8) is 0 Å². The number of carbonyl (C=O) groups excluding carboxylic acids is 3. The first kappa shape index (κ1) is 25.8. The van der Waals surface area contributed by atoms with Crippen LogP contribution in [0.3, 0.4) is 0 Å². The number of ether oxygens (including phenoxy) is 3. The third kappa shape index (κ3) is 3.75. The van der Waals surface area contributed by atoms with E-state index in [-0.39, 0.29) is 46.4 Å². The summed E-state index contributed by atoms with van der Waals surface area (Å²) < 4.78 is 18.2. The molecule has 2 aliphatic heterocycles. The standard InChI is InChI=1S/C29H44N2O6/c1-5-36-16-27(3)13-22(37-26(34)30-25(33)20-15-31-11-8-18(20)14-31)29-12-19(29)6-9-28(17(2)24(27)32)10-7-21(35-4)23(28)29/h17-23H,5-16H2,1-4H3,(H,30,33,34)/t17-,18+,19-,20-,21+,22+,23?,27-,28?,29-/m0/s1. The molecule has 206 valence electrons. The van der Waals surface area contributed by atoms with Crippen LogP contribution in [-0.2, 0) is 23.8 Å². The number of carbonyl (C=O) groups is 3. The Morgan fingerprint density at radius 3 is 2.59 bits per heavy atom. The molecule has 11 atom stereocenters. The van der Waals surface area contributed by atoms with Gasteiger partial charge in [0.25, 0.3) is 0 Å². The number of fused-ring (bicyclic) bond motifs is 2. The molecule has 0 aromatic heterocycles. The molecule has 6 fully saturated rings. The molecular weight excluding hydrogens is 472 g/mol. The van der Waals surface area contributed by atoms with Gasteiger partial charge in [-0.05, 0) is 75.7 Å². The van der Waals surface area contributed by atoms with Crippen molar-refractivity contribution < 1.29 is 28.6 Å². The number of rotatable bonds is 6. The molecule has 4 bridgehead atoms. The molecule has 4 aliphatic carbocycles. The second kappa shape index (κ2) is 9.02. The number of nitrogens with one attached hydrogen (secondary N) is 1. The summed E-state index contributed by atoms with van der Waals surface area (Å²) in [6, 6.07) is 0. The van der Waals surface area contributed by atoms with Crippen LogP contribution in [-0.4, -0.2) is 74.8 Å². The molecule has 8 heteroatoms. The third-order valence-corrected chi connectivity index (χ3v) is 11.8. The summed E-state index contributed by atoms with van der Waals surface area (Å²) in [4.78, 5) is 42.8. The number of amides is 2. The van der Waals surface area contributed by atoms with E-state index in [2.05, 4.69) is 17.1 Å². The Bertz CT molecular complexity index is 972. The van der Waals surface area contributed by atoms with E-state index in [9.17, 15) is 14.4 Å². The highest BCUT2D eigenvalue weighted by Gasteiger charge is 2.77. The van der Waals surface area contributed by atoms with E-state index in [0.717, 1.165) is 58.2 Å². The number of alkyl carbamates (subject to hydrolysis) is 1. The number of ketones is 1. The Kier molecular flexibility index (Phi) is 6.28. The Labute approximate surface area is 220 Å². The Morgan fingerprint density at radius 2 is 1.92 bits per heavy atom. The number of nitrogens with zero attached hydrogens (tertiary/aromatic N) is 1. The summed E-state index contributed by atoms with van der Waals surface area (Å²) in [7, 11) is 1.78. The van der Waals surface area contributed by atoms with Crippen LogP contribution in [0.25, 0.3) is 0 Å². The molecule has 0 aromatic rings. The van der Waals surface area contributed by atoms with Gasteiger partial charge in [-0.25, -0.2) is 4.79 Å². The minimum absolute atomic E-state index is 0.0654. The zero-order valence-electron chi connectivity index (χ0n) is 22.9. The van der Waals surface area contributed by atoms with Crippen molar-refractivity contribution in [3.8, 4) is 0 Å². The van der Waals surface area contributed by atoms with E-state index >= 15 is 0 Å². The Morgan fingerprint density at radius 1 is 1.14 bits per heavy atom. The number of methoxy groups -OCH3 is 1. The normalized spacial score (nSPS) is 49.6. The molecule has 6 rings (SSSR count). The average Bonchev–Trinajstić information content (AvgIpc) is 3.19. The van der Waals surface area contributed by atoms with Crippen LogP contribution in [0.2, 0.25) is 0 Å². The highest BCUT2D eigenvalue weighted by molar-refractivity contribution is 5.94. The van der Waals surface area contributed by atoms with Gasteiger partial charge in [0.05, 0.1) is 24.0 Å². The first-order valence-electron chi connectivity index (χ1n) is 14.6. The van der Waals surface area contributed by atoms with Gasteiger partial charge in [-0.1, -0.05) is 13.8 Å². The fourth-order valence-electron chi connectivity index (χ4n) is 9.90. The molecule has 2 amide bonds. The first-order valence-corrected chi connectivity index (χ1v) is 14.6. The van der Waals surface area contributed by atoms with Crippen LogP contribution in [0.15, 0.2) is 0 Å². The highest BCUT2D eigenvalue weighted by Crippen LogP contribution is 2.78. The monoisotopic (exact) mass is 516 g/mol. The van der Waals surface area contributed by atoms with Gasteiger partial charge in [0.1, 0.15) is 11.9 Å². The van der Waals surface area contributed by atoms with Gasteiger partial charge in [0.2, 0.25) is 5.91 Å². The van der Waals surface area contributed by atoms with Gasteiger partial charge in [-0.15, -0.1) is 0 Å².